The van der Waals surface area contributed by atoms with Crippen molar-refractivity contribution >= 4 is 50.1 Å². The third-order valence-electron chi connectivity index (χ3n) is 2.10. The summed E-state index contributed by atoms with van der Waals surface area (Å²) in [5.74, 6) is -0.621. The molecule has 1 unspecified atom stereocenters. The summed E-state index contributed by atoms with van der Waals surface area (Å²) in [6.07, 6.45) is 1.54. The molecule has 0 saturated carbocycles. The van der Waals surface area contributed by atoms with E-state index in [0.29, 0.717) is 5.71 Å². The minimum absolute atomic E-state index is 0.192. The van der Waals surface area contributed by atoms with Gasteiger partial charge in [0.25, 0.3) is 5.91 Å². The molecule has 90 valence electrons. The Morgan fingerprint density at radius 1 is 1.59 bits per heavy atom. The maximum atomic E-state index is 11.7. The molecular formula is C9H8BrN3O2S2. The number of carbonyl (C=O) groups is 1. The molecule has 1 aliphatic rings. The lowest BCUT2D eigenvalue weighted by atomic mass is 10.2. The second kappa shape index (κ2) is 4.71. The number of thiophene rings is 1. The van der Waals surface area contributed by atoms with Crippen molar-refractivity contribution in [1.29, 1.82) is 0 Å². The van der Waals surface area contributed by atoms with Crippen molar-refractivity contribution in [3.8, 4) is 0 Å². The normalized spacial score (nSPS) is 19.9. The van der Waals surface area contributed by atoms with Crippen molar-refractivity contribution in [2.45, 2.75) is 0 Å². The summed E-state index contributed by atoms with van der Waals surface area (Å²) in [6, 6.07) is 3.70. The summed E-state index contributed by atoms with van der Waals surface area (Å²) in [5.41, 5.74) is 5.92. The molecule has 2 heterocycles. The van der Waals surface area contributed by atoms with Crippen molar-refractivity contribution in [2.24, 2.45) is 10.1 Å². The Kier molecular flexibility index (Phi) is 3.45. The Balaban J connectivity index is 2.46. The van der Waals surface area contributed by atoms with Gasteiger partial charge < -0.3 is 5.73 Å². The fourth-order valence-electron chi connectivity index (χ4n) is 1.27. The number of allylic oxidation sites excluding steroid dienone is 1. The number of halogens is 1. The van der Waals surface area contributed by atoms with Crippen LogP contribution in [0.4, 0.5) is 0 Å². The van der Waals surface area contributed by atoms with E-state index in [9.17, 15) is 9.00 Å². The lowest BCUT2D eigenvalue weighted by Gasteiger charge is -2.20. The quantitative estimate of drug-likeness (QED) is 0.882. The first-order chi connectivity index (χ1) is 7.99. The number of nitrogens with zero attached hydrogens (tertiary/aromatic N) is 2. The van der Waals surface area contributed by atoms with E-state index in [1.807, 2.05) is 12.1 Å². The van der Waals surface area contributed by atoms with Crippen LogP contribution < -0.4 is 5.73 Å². The topological polar surface area (TPSA) is 75.8 Å². The lowest BCUT2D eigenvalue weighted by molar-refractivity contribution is -0.115. The first-order valence-corrected chi connectivity index (χ1v) is 7.18. The number of nitrogens with two attached hydrogens (primary N) is 1. The van der Waals surface area contributed by atoms with Gasteiger partial charge >= 0.3 is 0 Å². The molecule has 0 fully saturated rings. The number of primary amides is 1. The van der Waals surface area contributed by atoms with Gasteiger partial charge in [0.15, 0.2) is 0 Å². The van der Waals surface area contributed by atoms with Gasteiger partial charge in [-0.25, -0.2) is 4.21 Å². The van der Waals surface area contributed by atoms with Gasteiger partial charge in [0, 0.05) is 7.05 Å². The highest BCUT2D eigenvalue weighted by Gasteiger charge is 2.23. The number of amides is 1. The maximum Gasteiger partial charge on any atom is 0.266 e. The van der Waals surface area contributed by atoms with E-state index >= 15 is 0 Å². The average molecular weight is 334 g/mol. The molecule has 1 amide bonds. The molecule has 1 aliphatic heterocycles. The second-order valence-corrected chi connectivity index (χ2v) is 6.86. The molecule has 1 aromatic rings. The van der Waals surface area contributed by atoms with Crippen LogP contribution in [0.25, 0.3) is 0 Å². The van der Waals surface area contributed by atoms with Crippen LogP contribution in [-0.2, 0) is 16.0 Å². The van der Waals surface area contributed by atoms with Crippen LogP contribution in [0, 0.1) is 0 Å². The Morgan fingerprint density at radius 2 is 2.29 bits per heavy atom. The van der Waals surface area contributed by atoms with Crippen LogP contribution in [0.1, 0.15) is 4.88 Å². The Morgan fingerprint density at radius 3 is 2.82 bits per heavy atom. The van der Waals surface area contributed by atoms with E-state index in [1.165, 1.54) is 22.7 Å². The zero-order valence-electron chi connectivity index (χ0n) is 8.71. The van der Waals surface area contributed by atoms with E-state index in [0.717, 1.165) is 8.66 Å². The van der Waals surface area contributed by atoms with Crippen LogP contribution in [0.2, 0.25) is 0 Å². The zero-order valence-corrected chi connectivity index (χ0v) is 11.9. The molecule has 0 saturated heterocycles. The Labute approximate surface area is 113 Å². The summed E-state index contributed by atoms with van der Waals surface area (Å²) in [6.45, 7) is 0. The molecule has 8 heteroatoms. The zero-order chi connectivity index (χ0) is 12.6. The molecule has 2 N–H and O–H groups in total. The third kappa shape index (κ3) is 2.48. The minimum atomic E-state index is -1.61. The van der Waals surface area contributed by atoms with Crippen molar-refractivity contribution in [3.05, 3.63) is 32.6 Å². The van der Waals surface area contributed by atoms with Gasteiger partial charge in [-0.2, -0.15) is 4.40 Å². The van der Waals surface area contributed by atoms with Gasteiger partial charge in [-0.1, -0.05) is 0 Å². The summed E-state index contributed by atoms with van der Waals surface area (Å²) in [7, 11) is 1.51. The molecule has 0 radical (unpaired) electrons. The summed E-state index contributed by atoms with van der Waals surface area (Å²) in [5, 5.41) is 0. The van der Waals surface area contributed by atoms with Crippen molar-refractivity contribution in [3.63, 3.8) is 0 Å². The van der Waals surface area contributed by atoms with Gasteiger partial charge in [0.2, 0.25) is 11.2 Å². The molecule has 1 aromatic heterocycles. The summed E-state index contributed by atoms with van der Waals surface area (Å²) in [4.78, 5) is 12.0. The molecule has 0 aromatic carbocycles. The van der Waals surface area contributed by atoms with Crippen molar-refractivity contribution in [1.82, 2.24) is 4.31 Å². The molecule has 1 atom stereocenters. The van der Waals surface area contributed by atoms with Crippen LogP contribution in [0.15, 0.2) is 32.1 Å². The van der Waals surface area contributed by atoms with E-state index in [1.54, 1.807) is 6.08 Å². The highest BCUT2D eigenvalue weighted by atomic mass is 79.9. The van der Waals surface area contributed by atoms with Gasteiger partial charge in [-0.15, -0.1) is 11.3 Å². The van der Waals surface area contributed by atoms with Crippen LogP contribution >= 0.6 is 27.3 Å². The van der Waals surface area contributed by atoms with E-state index in [2.05, 4.69) is 20.3 Å². The molecular weight excluding hydrogens is 326 g/mol. The first kappa shape index (κ1) is 12.5. The molecule has 2 rings (SSSR count). The summed E-state index contributed by atoms with van der Waals surface area (Å²) >= 11 is 3.17. The fraction of sp³-hybridized carbons (Fsp3) is 0.111. The van der Waals surface area contributed by atoms with E-state index in [4.69, 9.17) is 5.73 Å². The number of carbonyl (C=O) groups excluding carboxylic acids is 1. The van der Waals surface area contributed by atoms with Crippen LogP contribution in [0.5, 0.6) is 0 Å². The molecule has 17 heavy (non-hydrogen) atoms. The third-order valence-corrected chi connectivity index (χ3v) is 4.77. The fourth-order valence-corrected chi connectivity index (χ4v) is 3.43. The van der Waals surface area contributed by atoms with Crippen LogP contribution in [-0.4, -0.2) is 27.2 Å². The molecule has 5 nitrogen and oxygen atoms in total. The lowest BCUT2D eigenvalue weighted by Crippen LogP contribution is -2.32. The Hall–Kier alpha value is -0.990. The van der Waals surface area contributed by atoms with Crippen LogP contribution in [0.3, 0.4) is 0 Å². The number of likely N-dealkylation sites (N-methyl/N-ethyl adjacent to an activating group) is 1. The Bertz CT molecular complexity index is 564. The van der Waals surface area contributed by atoms with E-state index in [-0.39, 0.29) is 5.70 Å². The van der Waals surface area contributed by atoms with Gasteiger partial charge in [0.05, 0.1) is 14.4 Å². The number of hydrogen-bond donors (Lipinski definition) is 1. The summed E-state index contributed by atoms with van der Waals surface area (Å²) < 4.78 is 17.9. The second-order valence-electron chi connectivity index (χ2n) is 3.20. The molecule has 0 aliphatic carbocycles. The predicted octanol–water partition coefficient (Wildman–Crippen LogP) is 1.19. The minimum Gasteiger partial charge on any atom is -0.364 e. The highest BCUT2D eigenvalue weighted by Crippen LogP contribution is 2.25. The molecule has 0 spiro atoms. The maximum absolute atomic E-state index is 11.7. The van der Waals surface area contributed by atoms with E-state index < -0.39 is 17.1 Å². The van der Waals surface area contributed by atoms with Gasteiger partial charge in [-0.3, -0.25) is 9.10 Å². The number of rotatable bonds is 2. The smallest absolute Gasteiger partial charge is 0.266 e. The predicted molar refractivity (Wildman–Crippen MR) is 71.7 cm³/mol. The van der Waals surface area contributed by atoms with Crippen molar-refractivity contribution in [2.75, 3.05) is 7.05 Å². The van der Waals surface area contributed by atoms with Gasteiger partial charge in [-0.05, 0) is 34.1 Å². The standard InChI is InChI=1S/C9H8BrN3O2S2/c1-13-6(9(11)14)4-5(12-17(13)15)7-2-3-8(10)16-7/h2-4H,1H3,(H2,11,14). The molecule has 0 bridgehead atoms. The largest absolute Gasteiger partial charge is 0.364 e. The SMILES string of the molecule is CN1C(C(N)=O)=CC(c2ccc(Br)s2)=NS1=O. The van der Waals surface area contributed by atoms with Gasteiger partial charge in [0.1, 0.15) is 5.70 Å². The highest BCUT2D eigenvalue weighted by molar-refractivity contribution is 9.11. The first-order valence-electron chi connectivity index (χ1n) is 4.50. The number of hydrogen-bond acceptors (Lipinski definition) is 3. The average Bonchev–Trinajstić information content (AvgIpc) is 2.68. The monoisotopic (exact) mass is 333 g/mol. The van der Waals surface area contributed by atoms with Crippen molar-refractivity contribution < 1.29 is 9.00 Å².